The summed E-state index contributed by atoms with van der Waals surface area (Å²) in [4.78, 5) is 23.0. The first-order chi connectivity index (χ1) is 13.3. The maximum atomic E-state index is 14.1. The molecule has 3 N–H and O–H groups in total. The molecule has 0 spiro atoms. The Balaban J connectivity index is 1.98. The molecule has 0 aliphatic heterocycles. The highest BCUT2D eigenvalue weighted by Gasteiger charge is 2.34. The first kappa shape index (κ1) is 19.8. The van der Waals surface area contributed by atoms with Crippen LogP contribution in [-0.2, 0) is 12.7 Å². The van der Waals surface area contributed by atoms with Gasteiger partial charge in [-0.05, 0) is 32.1 Å². The van der Waals surface area contributed by atoms with E-state index in [2.05, 4.69) is 25.6 Å². The number of hydrogen-bond acceptors (Lipinski definition) is 5. The number of aromatic nitrogens is 4. The number of aromatic amines is 1. The number of nitrogens with zero attached hydrogens (tertiary/aromatic N) is 3. The molecule has 0 saturated carbocycles. The van der Waals surface area contributed by atoms with Gasteiger partial charge in [0.2, 0.25) is 5.95 Å². The fourth-order valence-electron chi connectivity index (χ4n) is 2.79. The lowest BCUT2D eigenvalue weighted by Crippen LogP contribution is -2.21. The minimum atomic E-state index is -4.75. The highest BCUT2D eigenvalue weighted by Crippen LogP contribution is 2.33. The van der Waals surface area contributed by atoms with Crippen LogP contribution in [-0.4, -0.2) is 39.7 Å². The largest absolute Gasteiger partial charge is 0.416 e. The number of rotatable bonds is 7. The van der Waals surface area contributed by atoms with Gasteiger partial charge in [0.05, 0.1) is 18.3 Å². The summed E-state index contributed by atoms with van der Waals surface area (Å²) in [6, 6.07) is 2.69. The van der Waals surface area contributed by atoms with E-state index >= 15 is 0 Å². The van der Waals surface area contributed by atoms with Gasteiger partial charge in [-0.25, -0.2) is 14.2 Å². The first-order valence-electron chi connectivity index (χ1n) is 8.50. The molecular weight excluding hydrogens is 380 g/mol. The van der Waals surface area contributed by atoms with Gasteiger partial charge in [0.25, 0.3) is 0 Å². The van der Waals surface area contributed by atoms with Crippen molar-refractivity contribution in [1.82, 2.24) is 24.8 Å². The normalized spacial score (nSPS) is 11.9. The van der Waals surface area contributed by atoms with Gasteiger partial charge < -0.3 is 15.6 Å². The molecule has 0 saturated heterocycles. The highest BCUT2D eigenvalue weighted by atomic mass is 19.4. The van der Waals surface area contributed by atoms with Gasteiger partial charge in [0, 0.05) is 12.1 Å². The van der Waals surface area contributed by atoms with E-state index in [-0.39, 0.29) is 17.1 Å². The van der Waals surface area contributed by atoms with Gasteiger partial charge in [-0.1, -0.05) is 6.07 Å². The van der Waals surface area contributed by atoms with E-state index in [1.54, 1.807) is 0 Å². The number of nitrogens with one attached hydrogen (secondary N) is 3. The third-order valence-electron chi connectivity index (χ3n) is 4.14. The Kier molecular flexibility index (Phi) is 5.63. The first-order valence-corrected chi connectivity index (χ1v) is 8.50. The number of imidazole rings is 1. The lowest BCUT2D eigenvalue weighted by Gasteiger charge is -2.14. The summed E-state index contributed by atoms with van der Waals surface area (Å²) >= 11 is 0. The van der Waals surface area contributed by atoms with Crippen molar-refractivity contribution < 1.29 is 17.6 Å². The van der Waals surface area contributed by atoms with Crippen molar-refractivity contribution in [3.05, 3.63) is 51.8 Å². The number of hydrogen-bond donors (Lipinski definition) is 3. The fourth-order valence-corrected chi connectivity index (χ4v) is 2.79. The van der Waals surface area contributed by atoms with Crippen LogP contribution in [0.5, 0.6) is 0 Å². The van der Waals surface area contributed by atoms with Gasteiger partial charge in [0.15, 0.2) is 5.65 Å². The number of benzene rings is 1. The predicted molar refractivity (Wildman–Crippen MR) is 95.7 cm³/mol. The van der Waals surface area contributed by atoms with Crippen LogP contribution in [0.15, 0.2) is 29.2 Å². The molecule has 0 atom stereocenters. The summed E-state index contributed by atoms with van der Waals surface area (Å²) in [5.41, 5.74) is -2.12. The molecule has 2 heterocycles. The number of fused-ring (bicyclic) bond motifs is 1. The predicted octanol–water partition coefficient (Wildman–Crippen LogP) is 2.35. The van der Waals surface area contributed by atoms with Crippen LogP contribution < -0.4 is 16.3 Å². The average Bonchev–Trinajstić information content (AvgIpc) is 2.94. The highest BCUT2D eigenvalue weighted by molar-refractivity contribution is 5.71. The lowest BCUT2D eigenvalue weighted by atomic mass is 10.1. The van der Waals surface area contributed by atoms with Crippen LogP contribution in [0.2, 0.25) is 0 Å². The quantitative estimate of drug-likeness (QED) is 0.420. The molecule has 0 fully saturated rings. The van der Waals surface area contributed by atoms with Crippen LogP contribution in [0.1, 0.15) is 17.5 Å². The molecule has 3 rings (SSSR count). The van der Waals surface area contributed by atoms with E-state index in [1.807, 2.05) is 7.05 Å². The molecule has 0 aliphatic carbocycles. The van der Waals surface area contributed by atoms with Gasteiger partial charge in [-0.2, -0.15) is 18.2 Å². The molecule has 7 nitrogen and oxygen atoms in total. The van der Waals surface area contributed by atoms with E-state index in [9.17, 15) is 22.4 Å². The van der Waals surface area contributed by atoms with Gasteiger partial charge in [0.1, 0.15) is 11.3 Å². The van der Waals surface area contributed by atoms with E-state index in [0.717, 1.165) is 35.7 Å². The molecule has 150 valence electrons. The summed E-state index contributed by atoms with van der Waals surface area (Å²) in [6.45, 7) is 0.723. The molecule has 3 aromatic rings. The Morgan fingerprint density at radius 1 is 1.25 bits per heavy atom. The number of alkyl halides is 3. The number of H-pyrrole nitrogens is 1. The topological polar surface area (TPSA) is 87.6 Å². The van der Waals surface area contributed by atoms with Crippen LogP contribution in [0, 0.1) is 5.82 Å². The average molecular weight is 398 g/mol. The zero-order valence-corrected chi connectivity index (χ0v) is 14.9. The molecule has 2 aromatic heterocycles. The minimum Gasteiger partial charge on any atom is -0.354 e. The summed E-state index contributed by atoms with van der Waals surface area (Å²) in [5.74, 6) is -0.823. The van der Waals surface area contributed by atoms with E-state index in [0.29, 0.717) is 6.54 Å². The molecule has 11 heteroatoms. The van der Waals surface area contributed by atoms with Crippen LogP contribution in [0.4, 0.5) is 23.5 Å². The Bertz CT molecular complexity index is 1030. The smallest absolute Gasteiger partial charge is 0.354 e. The molecule has 0 amide bonds. The minimum absolute atomic E-state index is 0.0903. The van der Waals surface area contributed by atoms with Crippen LogP contribution in [0.25, 0.3) is 11.2 Å². The van der Waals surface area contributed by atoms with Crippen molar-refractivity contribution in [3.8, 4) is 0 Å². The Morgan fingerprint density at radius 3 is 2.75 bits per heavy atom. The van der Waals surface area contributed by atoms with Gasteiger partial charge in [-0.3, -0.25) is 4.57 Å². The van der Waals surface area contributed by atoms with E-state index < -0.39 is 35.4 Å². The third-order valence-corrected chi connectivity index (χ3v) is 4.14. The zero-order valence-electron chi connectivity index (χ0n) is 14.9. The fraction of sp³-hybridized carbons (Fsp3) is 0.353. The molecule has 1 aromatic carbocycles. The van der Waals surface area contributed by atoms with Gasteiger partial charge >= 0.3 is 11.9 Å². The molecule has 0 aliphatic rings. The number of halogens is 4. The Labute approximate surface area is 156 Å². The summed E-state index contributed by atoms with van der Waals surface area (Å²) in [7, 11) is 1.82. The molecule has 0 unspecified atom stereocenters. The Hall–Kier alpha value is -2.95. The summed E-state index contributed by atoms with van der Waals surface area (Å²) < 4.78 is 54.8. The summed E-state index contributed by atoms with van der Waals surface area (Å²) in [6.07, 6.45) is -2.60. The van der Waals surface area contributed by atoms with E-state index in [1.165, 1.54) is 6.20 Å². The second kappa shape index (κ2) is 7.97. The van der Waals surface area contributed by atoms with E-state index in [4.69, 9.17) is 0 Å². The Morgan fingerprint density at radius 2 is 2.04 bits per heavy atom. The zero-order chi connectivity index (χ0) is 20.3. The second-order valence-corrected chi connectivity index (χ2v) is 6.09. The second-order valence-electron chi connectivity index (χ2n) is 6.09. The lowest BCUT2D eigenvalue weighted by molar-refractivity contribution is -0.138. The maximum Gasteiger partial charge on any atom is 0.416 e. The molecular formula is C17H18F4N6O. The monoisotopic (exact) mass is 398 g/mol. The van der Waals surface area contributed by atoms with Crippen molar-refractivity contribution >= 4 is 17.1 Å². The van der Waals surface area contributed by atoms with Crippen molar-refractivity contribution in [2.24, 2.45) is 0 Å². The molecule has 0 radical (unpaired) electrons. The summed E-state index contributed by atoms with van der Waals surface area (Å²) in [5, 5.41) is 5.96. The van der Waals surface area contributed by atoms with Crippen molar-refractivity contribution in [2.45, 2.75) is 19.1 Å². The molecule has 0 bridgehead atoms. The van der Waals surface area contributed by atoms with Crippen molar-refractivity contribution in [3.63, 3.8) is 0 Å². The standard InChI is InChI=1S/C17H18F4N6O/c1-22-6-3-7-23-15-24-8-13-14(26-15)27(16(28)25-13)9-10-11(17(19,20)21)4-2-5-12(10)18/h2,4-5,8,22H,3,6-7,9H2,1H3,(H,25,28)(H,23,24,26). The molecule has 28 heavy (non-hydrogen) atoms. The van der Waals surface area contributed by atoms with Crippen LogP contribution >= 0.6 is 0 Å². The van der Waals surface area contributed by atoms with Crippen molar-refractivity contribution in [1.29, 1.82) is 0 Å². The SMILES string of the molecule is CNCCCNc1ncc2[nH]c(=O)n(Cc3c(F)cccc3C(F)(F)F)c2n1. The van der Waals surface area contributed by atoms with Crippen LogP contribution in [0.3, 0.4) is 0 Å². The van der Waals surface area contributed by atoms with Crippen molar-refractivity contribution in [2.75, 3.05) is 25.5 Å². The van der Waals surface area contributed by atoms with Gasteiger partial charge in [-0.15, -0.1) is 0 Å². The third kappa shape index (κ3) is 4.14. The number of anilines is 1. The maximum absolute atomic E-state index is 14.1.